The second kappa shape index (κ2) is 9.58. The van der Waals surface area contributed by atoms with Gasteiger partial charge in [0.15, 0.2) is 5.11 Å². The second-order valence-corrected chi connectivity index (χ2v) is 7.51. The van der Waals surface area contributed by atoms with Gasteiger partial charge >= 0.3 is 0 Å². The van der Waals surface area contributed by atoms with Gasteiger partial charge in [0.2, 0.25) is 5.91 Å². The topological polar surface area (TPSA) is 73.9 Å². The number of ether oxygens (including phenoxy) is 1. The summed E-state index contributed by atoms with van der Waals surface area (Å²) in [4.78, 5) is 28.1. The maximum atomic E-state index is 12.6. The number of carbonyl (C=O) groups excluding carboxylic acids is 2. The number of rotatable bonds is 4. The Morgan fingerprint density at radius 2 is 1.70 bits per heavy atom. The summed E-state index contributed by atoms with van der Waals surface area (Å²) in [5.74, 6) is 0.327. The SMILES string of the molecule is COc1c(C)cccc1C(=O)NC(=S)Nc1ccc(N2CCN(C(C)=O)CC2)cc1. The molecule has 158 valence electrons. The predicted molar refractivity (Wildman–Crippen MR) is 122 cm³/mol. The van der Waals surface area contributed by atoms with Crippen molar-refractivity contribution in [2.24, 2.45) is 0 Å². The number of hydrogen-bond donors (Lipinski definition) is 2. The summed E-state index contributed by atoms with van der Waals surface area (Å²) >= 11 is 5.29. The average Bonchev–Trinajstić information content (AvgIpc) is 2.74. The van der Waals surface area contributed by atoms with Gasteiger partial charge in [-0.15, -0.1) is 0 Å². The summed E-state index contributed by atoms with van der Waals surface area (Å²) in [6.45, 7) is 6.56. The first-order chi connectivity index (χ1) is 14.4. The number of nitrogens with one attached hydrogen (secondary N) is 2. The normalized spacial score (nSPS) is 13.6. The molecule has 3 rings (SSSR count). The number of thiocarbonyl (C=S) groups is 1. The minimum atomic E-state index is -0.326. The third kappa shape index (κ3) is 5.07. The number of amides is 2. The quantitative estimate of drug-likeness (QED) is 0.733. The first kappa shape index (κ1) is 21.6. The Morgan fingerprint density at radius 1 is 1.03 bits per heavy atom. The average molecular weight is 427 g/mol. The number of carbonyl (C=O) groups is 2. The van der Waals surface area contributed by atoms with Crippen molar-refractivity contribution in [2.45, 2.75) is 13.8 Å². The molecule has 1 heterocycles. The molecule has 2 N–H and O–H groups in total. The highest BCUT2D eigenvalue weighted by atomic mass is 32.1. The smallest absolute Gasteiger partial charge is 0.261 e. The molecule has 0 spiro atoms. The Hall–Kier alpha value is -3.13. The maximum Gasteiger partial charge on any atom is 0.261 e. The zero-order chi connectivity index (χ0) is 21.7. The molecule has 2 aromatic carbocycles. The van der Waals surface area contributed by atoms with Gasteiger partial charge in [-0.05, 0) is 55.0 Å². The summed E-state index contributed by atoms with van der Waals surface area (Å²) in [6.07, 6.45) is 0. The highest BCUT2D eigenvalue weighted by Gasteiger charge is 2.19. The zero-order valence-electron chi connectivity index (χ0n) is 17.4. The molecule has 2 aromatic rings. The zero-order valence-corrected chi connectivity index (χ0v) is 18.2. The van der Waals surface area contributed by atoms with Crippen molar-refractivity contribution in [3.05, 3.63) is 53.6 Å². The Balaban J connectivity index is 1.57. The largest absolute Gasteiger partial charge is 0.496 e. The molecule has 0 saturated carbocycles. The van der Waals surface area contributed by atoms with Gasteiger partial charge in [-0.3, -0.25) is 14.9 Å². The van der Waals surface area contributed by atoms with Crippen molar-refractivity contribution < 1.29 is 14.3 Å². The monoisotopic (exact) mass is 426 g/mol. The lowest BCUT2D eigenvalue weighted by molar-refractivity contribution is -0.129. The number of nitrogens with zero attached hydrogens (tertiary/aromatic N) is 2. The summed E-state index contributed by atoms with van der Waals surface area (Å²) in [5.41, 5.74) is 3.18. The summed E-state index contributed by atoms with van der Waals surface area (Å²) in [6, 6.07) is 13.2. The van der Waals surface area contributed by atoms with Gasteiger partial charge in [-0.2, -0.15) is 0 Å². The first-order valence-electron chi connectivity index (χ1n) is 9.75. The van der Waals surface area contributed by atoms with Crippen LogP contribution in [0.25, 0.3) is 0 Å². The molecule has 0 aromatic heterocycles. The molecular formula is C22H26N4O3S. The molecule has 0 aliphatic carbocycles. The van der Waals surface area contributed by atoms with E-state index in [2.05, 4.69) is 15.5 Å². The molecule has 0 unspecified atom stereocenters. The van der Waals surface area contributed by atoms with Crippen LogP contribution >= 0.6 is 12.2 Å². The van der Waals surface area contributed by atoms with Crippen LogP contribution in [0.2, 0.25) is 0 Å². The highest BCUT2D eigenvalue weighted by molar-refractivity contribution is 7.80. The van der Waals surface area contributed by atoms with Crippen LogP contribution in [0.3, 0.4) is 0 Å². The summed E-state index contributed by atoms with van der Waals surface area (Å²) < 4.78 is 5.34. The van der Waals surface area contributed by atoms with Crippen LogP contribution < -0.4 is 20.3 Å². The van der Waals surface area contributed by atoms with E-state index in [9.17, 15) is 9.59 Å². The summed E-state index contributed by atoms with van der Waals surface area (Å²) in [7, 11) is 1.54. The fraction of sp³-hybridized carbons (Fsp3) is 0.318. The fourth-order valence-electron chi connectivity index (χ4n) is 3.47. The summed E-state index contributed by atoms with van der Waals surface area (Å²) in [5, 5.41) is 5.94. The van der Waals surface area contributed by atoms with Crippen molar-refractivity contribution in [3.8, 4) is 5.75 Å². The number of methoxy groups -OCH3 is 1. The van der Waals surface area contributed by atoms with Gasteiger partial charge in [0.1, 0.15) is 5.75 Å². The van der Waals surface area contributed by atoms with Crippen molar-refractivity contribution in [1.29, 1.82) is 0 Å². The number of para-hydroxylation sites is 1. The molecule has 7 nitrogen and oxygen atoms in total. The molecule has 30 heavy (non-hydrogen) atoms. The van der Waals surface area contributed by atoms with Gasteiger partial charge in [0, 0.05) is 44.5 Å². The first-order valence-corrected chi connectivity index (χ1v) is 10.2. The molecule has 1 aliphatic heterocycles. The third-order valence-corrected chi connectivity index (χ3v) is 5.31. The number of anilines is 2. The van der Waals surface area contributed by atoms with Gasteiger partial charge < -0.3 is 19.9 Å². The Morgan fingerprint density at radius 3 is 2.30 bits per heavy atom. The van der Waals surface area contributed by atoms with E-state index in [-0.39, 0.29) is 16.9 Å². The third-order valence-electron chi connectivity index (χ3n) is 5.10. The molecule has 1 saturated heterocycles. The molecular weight excluding hydrogens is 400 g/mol. The van der Waals surface area contributed by atoms with Crippen molar-refractivity contribution in [2.75, 3.05) is 43.5 Å². The van der Waals surface area contributed by atoms with Crippen molar-refractivity contribution in [3.63, 3.8) is 0 Å². The van der Waals surface area contributed by atoms with E-state index in [1.54, 1.807) is 19.1 Å². The minimum Gasteiger partial charge on any atom is -0.496 e. The second-order valence-electron chi connectivity index (χ2n) is 7.10. The lowest BCUT2D eigenvalue weighted by Crippen LogP contribution is -2.48. The van der Waals surface area contributed by atoms with Crippen LogP contribution in [-0.2, 0) is 4.79 Å². The van der Waals surface area contributed by atoms with Crippen LogP contribution in [-0.4, -0.2) is 55.1 Å². The Kier molecular flexibility index (Phi) is 6.89. The molecule has 1 aliphatic rings. The molecule has 2 amide bonds. The van der Waals surface area contributed by atoms with E-state index < -0.39 is 0 Å². The van der Waals surface area contributed by atoms with E-state index in [1.165, 1.54) is 7.11 Å². The molecule has 8 heteroatoms. The van der Waals surface area contributed by atoms with Gasteiger partial charge in [0.05, 0.1) is 12.7 Å². The van der Waals surface area contributed by atoms with E-state index in [0.29, 0.717) is 11.3 Å². The maximum absolute atomic E-state index is 12.6. The minimum absolute atomic E-state index is 0.119. The van der Waals surface area contributed by atoms with Gasteiger partial charge in [-0.25, -0.2) is 0 Å². The van der Waals surface area contributed by atoms with Crippen molar-refractivity contribution in [1.82, 2.24) is 10.2 Å². The van der Waals surface area contributed by atoms with Gasteiger partial charge in [0.25, 0.3) is 5.91 Å². The van der Waals surface area contributed by atoms with E-state index in [0.717, 1.165) is 43.1 Å². The van der Waals surface area contributed by atoms with Crippen LogP contribution in [0.4, 0.5) is 11.4 Å². The van der Waals surface area contributed by atoms with Crippen LogP contribution in [0.1, 0.15) is 22.8 Å². The standard InChI is InChI=1S/C22H26N4O3S/c1-15-5-4-6-19(20(15)29-3)21(28)24-22(30)23-17-7-9-18(10-8-17)26-13-11-25(12-14-26)16(2)27/h4-10H,11-14H2,1-3H3,(H2,23,24,28,30). The molecule has 0 atom stereocenters. The van der Waals surface area contributed by atoms with E-state index >= 15 is 0 Å². The fourth-order valence-corrected chi connectivity index (χ4v) is 3.68. The number of hydrogen-bond acceptors (Lipinski definition) is 5. The van der Waals surface area contributed by atoms with Crippen LogP contribution in [0.5, 0.6) is 5.75 Å². The van der Waals surface area contributed by atoms with E-state index in [4.69, 9.17) is 17.0 Å². The van der Waals surface area contributed by atoms with Crippen LogP contribution in [0, 0.1) is 6.92 Å². The lowest BCUT2D eigenvalue weighted by Gasteiger charge is -2.35. The lowest BCUT2D eigenvalue weighted by atomic mass is 10.1. The van der Waals surface area contributed by atoms with E-state index in [1.807, 2.05) is 42.2 Å². The molecule has 0 bridgehead atoms. The Labute approximate surface area is 182 Å². The number of aryl methyl sites for hydroxylation is 1. The van der Waals surface area contributed by atoms with Crippen LogP contribution in [0.15, 0.2) is 42.5 Å². The number of piperazine rings is 1. The molecule has 1 fully saturated rings. The van der Waals surface area contributed by atoms with Crippen molar-refractivity contribution >= 4 is 40.5 Å². The molecule has 0 radical (unpaired) electrons. The Bertz CT molecular complexity index is 938. The van der Waals surface area contributed by atoms with Gasteiger partial charge in [-0.1, -0.05) is 12.1 Å². The highest BCUT2D eigenvalue weighted by Crippen LogP contribution is 2.23. The predicted octanol–water partition coefficient (Wildman–Crippen LogP) is 2.80. The number of benzene rings is 2.